The zero-order chi connectivity index (χ0) is 20.1. The summed E-state index contributed by atoms with van der Waals surface area (Å²) in [6.07, 6.45) is 5.23. The summed E-state index contributed by atoms with van der Waals surface area (Å²) in [5.74, 6) is 1.28. The Morgan fingerprint density at radius 3 is 2.72 bits per heavy atom. The standard InChI is InChI=1S/C22H26N4O3/c1-28-17-9-7-16(8-10-17)20(26-11-3-2-4-12-26)15-23-22(27)19-14-18(24-25-19)21-6-5-13-29-21/h5-10,13-14,20H,2-4,11-12,15H2,1H3,(H,23,27)(H,24,25). The molecular weight excluding hydrogens is 368 g/mol. The lowest BCUT2D eigenvalue weighted by molar-refractivity contribution is 0.0919. The molecule has 7 heteroatoms. The van der Waals surface area contributed by atoms with Crippen LogP contribution >= 0.6 is 0 Å². The Kier molecular flexibility index (Phi) is 5.95. The Labute approximate surface area is 170 Å². The molecule has 1 atom stereocenters. The van der Waals surface area contributed by atoms with Gasteiger partial charge in [-0.05, 0) is 55.8 Å². The van der Waals surface area contributed by atoms with Crippen LogP contribution in [0, 0.1) is 0 Å². The smallest absolute Gasteiger partial charge is 0.271 e. The third kappa shape index (κ3) is 4.51. The Morgan fingerprint density at radius 1 is 1.24 bits per heavy atom. The maximum absolute atomic E-state index is 12.7. The van der Waals surface area contributed by atoms with Crippen LogP contribution in [0.5, 0.6) is 5.75 Å². The fourth-order valence-corrected chi connectivity index (χ4v) is 3.79. The lowest BCUT2D eigenvalue weighted by Crippen LogP contribution is -2.40. The second-order valence-electron chi connectivity index (χ2n) is 7.24. The maximum Gasteiger partial charge on any atom is 0.271 e. The molecule has 3 heterocycles. The topological polar surface area (TPSA) is 83.4 Å². The predicted octanol–water partition coefficient (Wildman–Crippen LogP) is 3.64. The number of nitrogens with zero attached hydrogens (tertiary/aromatic N) is 2. The van der Waals surface area contributed by atoms with Crippen molar-refractivity contribution < 1.29 is 13.9 Å². The average Bonchev–Trinajstić information content (AvgIpc) is 3.47. The van der Waals surface area contributed by atoms with E-state index >= 15 is 0 Å². The Bertz CT molecular complexity index is 912. The quantitative estimate of drug-likeness (QED) is 0.639. The second-order valence-corrected chi connectivity index (χ2v) is 7.24. The lowest BCUT2D eigenvalue weighted by Gasteiger charge is -2.35. The van der Waals surface area contributed by atoms with E-state index in [0.717, 1.165) is 18.8 Å². The number of hydrogen-bond acceptors (Lipinski definition) is 5. The Morgan fingerprint density at radius 2 is 2.03 bits per heavy atom. The molecule has 1 unspecified atom stereocenters. The molecule has 4 rings (SSSR count). The number of hydrogen-bond donors (Lipinski definition) is 2. The number of furan rings is 1. The summed E-state index contributed by atoms with van der Waals surface area (Å²) in [7, 11) is 1.66. The Hall–Kier alpha value is -3.06. The third-order valence-corrected chi connectivity index (χ3v) is 5.39. The van der Waals surface area contributed by atoms with Crippen LogP contribution in [-0.2, 0) is 0 Å². The average molecular weight is 394 g/mol. The summed E-state index contributed by atoms with van der Waals surface area (Å²) in [5.41, 5.74) is 2.21. The van der Waals surface area contributed by atoms with Crippen LogP contribution in [0.25, 0.3) is 11.5 Å². The Balaban J connectivity index is 1.46. The van der Waals surface area contributed by atoms with Crippen LogP contribution in [-0.4, -0.2) is 47.7 Å². The van der Waals surface area contributed by atoms with E-state index in [1.54, 1.807) is 25.5 Å². The first-order valence-electron chi connectivity index (χ1n) is 10.00. The number of piperidine rings is 1. The van der Waals surface area contributed by atoms with Gasteiger partial charge in [0.05, 0.1) is 19.4 Å². The highest BCUT2D eigenvalue weighted by Crippen LogP contribution is 2.26. The number of likely N-dealkylation sites (tertiary alicyclic amines) is 1. The molecule has 0 radical (unpaired) electrons. The summed E-state index contributed by atoms with van der Waals surface area (Å²) in [6, 6.07) is 13.5. The number of aromatic nitrogens is 2. The van der Waals surface area contributed by atoms with Crippen molar-refractivity contribution in [2.24, 2.45) is 0 Å². The van der Waals surface area contributed by atoms with Gasteiger partial charge in [-0.15, -0.1) is 0 Å². The van der Waals surface area contributed by atoms with Gasteiger partial charge in [0, 0.05) is 12.6 Å². The molecule has 0 bridgehead atoms. The number of carbonyl (C=O) groups is 1. The van der Waals surface area contributed by atoms with Crippen molar-refractivity contribution in [2.45, 2.75) is 25.3 Å². The van der Waals surface area contributed by atoms with Gasteiger partial charge < -0.3 is 14.5 Å². The van der Waals surface area contributed by atoms with Crippen molar-refractivity contribution in [1.82, 2.24) is 20.4 Å². The first-order valence-corrected chi connectivity index (χ1v) is 10.00. The highest BCUT2D eigenvalue weighted by Gasteiger charge is 2.23. The molecule has 1 saturated heterocycles. The fraction of sp³-hybridized carbons (Fsp3) is 0.364. The van der Waals surface area contributed by atoms with Gasteiger partial charge in [-0.3, -0.25) is 14.8 Å². The van der Waals surface area contributed by atoms with Crippen LogP contribution < -0.4 is 10.1 Å². The predicted molar refractivity (Wildman–Crippen MR) is 110 cm³/mol. The molecule has 1 aliphatic rings. The summed E-state index contributed by atoms with van der Waals surface area (Å²) >= 11 is 0. The van der Waals surface area contributed by atoms with Gasteiger partial charge in [-0.25, -0.2) is 0 Å². The third-order valence-electron chi connectivity index (χ3n) is 5.39. The molecule has 0 spiro atoms. The summed E-state index contributed by atoms with van der Waals surface area (Å²) in [6.45, 7) is 2.60. The van der Waals surface area contributed by atoms with E-state index in [-0.39, 0.29) is 11.9 Å². The molecule has 0 saturated carbocycles. The van der Waals surface area contributed by atoms with Gasteiger partial charge in [0.15, 0.2) is 11.5 Å². The number of rotatable bonds is 7. The first-order chi connectivity index (χ1) is 14.2. The molecule has 152 valence electrons. The molecular formula is C22H26N4O3. The van der Waals surface area contributed by atoms with Gasteiger partial charge in [0.25, 0.3) is 5.91 Å². The van der Waals surface area contributed by atoms with E-state index in [4.69, 9.17) is 9.15 Å². The van der Waals surface area contributed by atoms with Gasteiger partial charge in [0.2, 0.25) is 0 Å². The highest BCUT2D eigenvalue weighted by molar-refractivity contribution is 5.93. The SMILES string of the molecule is COc1ccc(C(CNC(=O)c2cc(-c3ccco3)[nH]n2)N2CCCCC2)cc1. The van der Waals surface area contributed by atoms with Crippen LogP contribution in [0.3, 0.4) is 0 Å². The normalized spacial score (nSPS) is 15.8. The molecule has 2 aromatic heterocycles. The summed E-state index contributed by atoms with van der Waals surface area (Å²) in [4.78, 5) is 15.1. The number of H-pyrrole nitrogens is 1. The number of nitrogens with one attached hydrogen (secondary N) is 2. The van der Waals surface area contributed by atoms with Gasteiger partial charge in [0.1, 0.15) is 11.4 Å². The van der Waals surface area contributed by atoms with Crippen LogP contribution in [0.4, 0.5) is 0 Å². The van der Waals surface area contributed by atoms with E-state index < -0.39 is 0 Å². The number of ether oxygens (including phenoxy) is 1. The van der Waals surface area contributed by atoms with Gasteiger partial charge >= 0.3 is 0 Å². The molecule has 1 aliphatic heterocycles. The van der Waals surface area contributed by atoms with Crippen molar-refractivity contribution in [3.8, 4) is 17.2 Å². The molecule has 29 heavy (non-hydrogen) atoms. The van der Waals surface area contributed by atoms with Crippen LogP contribution in [0.2, 0.25) is 0 Å². The maximum atomic E-state index is 12.7. The zero-order valence-electron chi connectivity index (χ0n) is 16.6. The number of benzene rings is 1. The number of carbonyl (C=O) groups excluding carboxylic acids is 1. The molecule has 3 aromatic rings. The number of aromatic amines is 1. The summed E-state index contributed by atoms with van der Waals surface area (Å²) < 4.78 is 10.6. The van der Waals surface area contributed by atoms with E-state index in [1.807, 2.05) is 18.2 Å². The van der Waals surface area contributed by atoms with E-state index in [0.29, 0.717) is 23.7 Å². The van der Waals surface area contributed by atoms with Crippen molar-refractivity contribution in [3.05, 3.63) is 60.0 Å². The van der Waals surface area contributed by atoms with Crippen molar-refractivity contribution in [1.29, 1.82) is 0 Å². The second kappa shape index (κ2) is 8.96. The molecule has 2 N–H and O–H groups in total. The molecule has 7 nitrogen and oxygen atoms in total. The van der Waals surface area contributed by atoms with E-state index in [1.165, 1.54) is 24.8 Å². The number of methoxy groups -OCH3 is 1. The minimum Gasteiger partial charge on any atom is -0.497 e. The minimum absolute atomic E-state index is 0.119. The van der Waals surface area contributed by atoms with Crippen molar-refractivity contribution >= 4 is 5.91 Å². The van der Waals surface area contributed by atoms with Crippen LogP contribution in [0.15, 0.2) is 53.1 Å². The van der Waals surface area contributed by atoms with Crippen molar-refractivity contribution in [3.63, 3.8) is 0 Å². The van der Waals surface area contributed by atoms with Crippen molar-refractivity contribution in [2.75, 3.05) is 26.7 Å². The molecule has 1 aromatic carbocycles. The largest absolute Gasteiger partial charge is 0.497 e. The highest BCUT2D eigenvalue weighted by atomic mass is 16.5. The fourth-order valence-electron chi connectivity index (χ4n) is 3.79. The monoisotopic (exact) mass is 394 g/mol. The van der Waals surface area contributed by atoms with Gasteiger partial charge in [-0.1, -0.05) is 18.6 Å². The molecule has 0 aliphatic carbocycles. The van der Waals surface area contributed by atoms with Gasteiger partial charge in [-0.2, -0.15) is 5.10 Å². The minimum atomic E-state index is -0.199. The van der Waals surface area contributed by atoms with E-state index in [2.05, 4.69) is 32.5 Å². The lowest BCUT2D eigenvalue weighted by atomic mass is 10.0. The molecule has 1 fully saturated rings. The van der Waals surface area contributed by atoms with E-state index in [9.17, 15) is 4.79 Å². The summed E-state index contributed by atoms with van der Waals surface area (Å²) in [5, 5.41) is 10.0. The molecule has 1 amide bonds. The zero-order valence-corrected chi connectivity index (χ0v) is 16.6. The number of amides is 1. The first kappa shape index (κ1) is 19.3. The van der Waals surface area contributed by atoms with Crippen LogP contribution in [0.1, 0.15) is 41.4 Å².